The Hall–Kier alpha value is -4.26. The fraction of sp³-hybridized carbons (Fsp3) is 0.276. The van der Waals surface area contributed by atoms with E-state index in [4.69, 9.17) is 4.74 Å². The highest BCUT2D eigenvalue weighted by Gasteiger charge is 2.43. The normalized spacial score (nSPS) is 16.6. The number of hydrogen-bond donors (Lipinski definition) is 1. The Labute approximate surface area is 245 Å². The highest BCUT2D eigenvalue weighted by molar-refractivity contribution is 9.10. The summed E-state index contributed by atoms with van der Waals surface area (Å²) in [5.41, 5.74) is -1.64. The molecule has 2 amide bonds. The Morgan fingerprint density at radius 3 is 2.43 bits per heavy atom. The van der Waals surface area contributed by atoms with Crippen LogP contribution in [0.2, 0.25) is 0 Å². The molecule has 218 valence electrons. The molecule has 0 bridgehead atoms. The van der Waals surface area contributed by atoms with Crippen molar-refractivity contribution in [1.29, 1.82) is 0 Å². The van der Waals surface area contributed by atoms with E-state index in [0.717, 1.165) is 0 Å². The molecule has 1 aromatic carbocycles. The predicted octanol–water partition coefficient (Wildman–Crippen LogP) is 4.74. The van der Waals surface area contributed by atoms with Crippen molar-refractivity contribution in [3.05, 3.63) is 91.3 Å². The molecule has 3 aromatic rings. The highest BCUT2D eigenvalue weighted by Crippen LogP contribution is 2.35. The number of rotatable bonds is 8. The number of carbonyl (C=O) groups is 3. The van der Waals surface area contributed by atoms with Gasteiger partial charge in [-0.15, -0.1) is 0 Å². The zero-order chi connectivity index (χ0) is 30.3. The quantitative estimate of drug-likeness (QED) is 0.278. The van der Waals surface area contributed by atoms with Gasteiger partial charge in [-0.1, -0.05) is 30.4 Å². The number of ether oxygens (including phenoxy) is 1. The van der Waals surface area contributed by atoms with E-state index in [9.17, 15) is 28.7 Å². The largest absolute Gasteiger partial charge is 0.505 e. The number of aromatic nitrogens is 2. The number of esters is 1. The van der Waals surface area contributed by atoms with Crippen molar-refractivity contribution >= 4 is 44.7 Å². The molecule has 5 rings (SSSR count). The third-order valence-corrected chi connectivity index (χ3v) is 7.79. The third kappa shape index (κ3) is 5.24. The zero-order valence-corrected chi connectivity index (χ0v) is 23.7. The fourth-order valence-electron chi connectivity index (χ4n) is 4.94. The molecule has 2 aromatic heterocycles. The molecule has 0 radical (unpaired) electrons. The Balaban J connectivity index is 1.60. The van der Waals surface area contributed by atoms with Crippen LogP contribution in [-0.2, 0) is 17.7 Å². The minimum absolute atomic E-state index is 0.0168. The van der Waals surface area contributed by atoms with Crippen LogP contribution in [0.15, 0.2) is 63.5 Å². The standard InChI is InChI=1S/C29H23BrF3N3O6/c1-2-42-28(41)20-24(37)22-23(21(30)16(12-34-22)11-15-7-9-17(31)10-8-15)35(27(20)40)13-29(32,33)14-36-25(38)18-5-3-4-6-19(18)26(36)39/h3-9,12,17,37H,2,10-11,13-14H2,1H3. The van der Waals surface area contributed by atoms with Crippen molar-refractivity contribution in [1.82, 2.24) is 14.5 Å². The number of alkyl halides is 3. The summed E-state index contributed by atoms with van der Waals surface area (Å²) in [6, 6.07) is 5.71. The number of fused-ring (bicyclic) bond motifs is 2. The molecule has 0 fully saturated rings. The van der Waals surface area contributed by atoms with Crippen molar-refractivity contribution in [2.24, 2.45) is 0 Å². The van der Waals surface area contributed by atoms with E-state index in [1.165, 1.54) is 43.5 Å². The van der Waals surface area contributed by atoms with Crippen molar-refractivity contribution in [3.8, 4) is 5.75 Å². The van der Waals surface area contributed by atoms with Crippen molar-refractivity contribution in [2.75, 3.05) is 13.2 Å². The number of carbonyl (C=O) groups excluding carboxylic acids is 3. The smallest absolute Gasteiger partial charge is 0.347 e. The minimum atomic E-state index is -3.87. The lowest BCUT2D eigenvalue weighted by atomic mass is 9.99. The van der Waals surface area contributed by atoms with Crippen LogP contribution < -0.4 is 5.56 Å². The first-order chi connectivity index (χ1) is 19.9. The van der Waals surface area contributed by atoms with Gasteiger partial charge >= 0.3 is 5.97 Å². The summed E-state index contributed by atoms with van der Waals surface area (Å²) in [4.78, 5) is 56.2. The number of imide groups is 1. The van der Waals surface area contributed by atoms with Gasteiger partial charge < -0.3 is 9.84 Å². The Morgan fingerprint density at radius 1 is 1.17 bits per heavy atom. The molecule has 0 saturated carbocycles. The fourth-order valence-corrected chi connectivity index (χ4v) is 5.58. The van der Waals surface area contributed by atoms with Gasteiger partial charge in [-0.05, 0) is 52.5 Å². The second-order valence-electron chi connectivity index (χ2n) is 9.79. The predicted molar refractivity (Wildman–Crippen MR) is 149 cm³/mol. The van der Waals surface area contributed by atoms with Gasteiger partial charge in [0.2, 0.25) is 0 Å². The summed E-state index contributed by atoms with van der Waals surface area (Å²) in [6.45, 7) is -1.43. The number of nitrogens with zero attached hydrogens (tertiary/aromatic N) is 3. The van der Waals surface area contributed by atoms with Crippen LogP contribution in [0.5, 0.6) is 5.75 Å². The summed E-state index contributed by atoms with van der Waals surface area (Å²) < 4.78 is 50.5. The molecule has 1 atom stereocenters. The topological polar surface area (TPSA) is 119 Å². The molecule has 2 aliphatic rings. The van der Waals surface area contributed by atoms with Crippen LogP contribution in [0.1, 0.15) is 50.0 Å². The SMILES string of the molecule is CCOC(=O)c1c(O)c2ncc(CC3=CCC(F)C=C3)c(Br)c2n(CC(F)(F)CN2C(=O)c3ccccc3C2=O)c1=O. The summed E-state index contributed by atoms with van der Waals surface area (Å²) in [6.07, 6.45) is 5.19. The van der Waals surface area contributed by atoms with Crippen LogP contribution in [0.4, 0.5) is 13.2 Å². The first kappa shape index (κ1) is 29.2. The maximum absolute atomic E-state index is 15.7. The Morgan fingerprint density at radius 2 is 1.83 bits per heavy atom. The maximum atomic E-state index is 15.7. The lowest BCUT2D eigenvalue weighted by Crippen LogP contribution is -2.44. The number of pyridine rings is 2. The van der Waals surface area contributed by atoms with Crippen LogP contribution in [-0.4, -0.2) is 62.6 Å². The van der Waals surface area contributed by atoms with E-state index in [1.807, 2.05) is 0 Å². The van der Waals surface area contributed by atoms with Gasteiger partial charge in [0.15, 0.2) is 11.3 Å². The molecular formula is C29H23BrF3N3O6. The van der Waals surface area contributed by atoms with Gasteiger partial charge in [0.05, 0.1) is 36.3 Å². The molecule has 1 aliphatic heterocycles. The van der Waals surface area contributed by atoms with E-state index in [-0.39, 0.29) is 46.1 Å². The van der Waals surface area contributed by atoms with Gasteiger partial charge in [0.1, 0.15) is 11.7 Å². The molecule has 0 spiro atoms. The van der Waals surface area contributed by atoms with Crippen LogP contribution in [0.25, 0.3) is 11.0 Å². The maximum Gasteiger partial charge on any atom is 0.347 e. The van der Waals surface area contributed by atoms with E-state index in [1.54, 1.807) is 12.2 Å². The van der Waals surface area contributed by atoms with E-state index < -0.39 is 59.8 Å². The Kier molecular flexibility index (Phi) is 7.80. The van der Waals surface area contributed by atoms with Gasteiger partial charge in [0, 0.05) is 17.1 Å². The van der Waals surface area contributed by atoms with Gasteiger partial charge in [0.25, 0.3) is 23.3 Å². The molecule has 1 unspecified atom stereocenters. The lowest BCUT2D eigenvalue weighted by Gasteiger charge is -2.25. The average Bonchev–Trinajstić information content (AvgIpc) is 3.18. The summed E-state index contributed by atoms with van der Waals surface area (Å²) >= 11 is 3.35. The highest BCUT2D eigenvalue weighted by atomic mass is 79.9. The van der Waals surface area contributed by atoms with E-state index in [0.29, 0.717) is 20.6 Å². The first-order valence-electron chi connectivity index (χ1n) is 12.9. The molecule has 0 saturated heterocycles. The molecular weight excluding hydrogens is 623 g/mol. The molecule has 13 heteroatoms. The number of benzene rings is 1. The van der Waals surface area contributed by atoms with Gasteiger partial charge in [-0.25, -0.2) is 18.0 Å². The summed E-state index contributed by atoms with van der Waals surface area (Å²) in [7, 11) is 0. The first-order valence-corrected chi connectivity index (χ1v) is 13.7. The van der Waals surface area contributed by atoms with Crippen molar-refractivity contribution in [2.45, 2.75) is 38.4 Å². The molecule has 42 heavy (non-hydrogen) atoms. The van der Waals surface area contributed by atoms with Crippen molar-refractivity contribution in [3.63, 3.8) is 0 Å². The Bertz CT molecular complexity index is 1730. The molecule has 9 nitrogen and oxygen atoms in total. The lowest BCUT2D eigenvalue weighted by molar-refractivity contribution is -0.0359. The molecule has 1 aliphatic carbocycles. The van der Waals surface area contributed by atoms with E-state index >= 15 is 8.78 Å². The number of hydrogen-bond acceptors (Lipinski definition) is 7. The van der Waals surface area contributed by atoms with Crippen LogP contribution in [0, 0.1) is 0 Å². The number of aromatic hydroxyl groups is 1. The zero-order valence-electron chi connectivity index (χ0n) is 22.1. The van der Waals surface area contributed by atoms with Crippen LogP contribution in [0.3, 0.4) is 0 Å². The summed E-state index contributed by atoms with van der Waals surface area (Å²) in [5.74, 6) is -7.76. The number of allylic oxidation sites excluding steroid dienone is 4. The van der Waals surface area contributed by atoms with E-state index in [2.05, 4.69) is 20.9 Å². The van der Waals surface area contributed by atoms with Crippen LogP contribution >= 0.6 is 15.9 Å². The number of halogens is 4. The monoisotopic (exact) mass is 645 g/mol. The second-order valence-corrected chi connectivity index (χ2v) is 10.6. The van der Waals surface area contributed by atoms with Gasteiger partial charge in [-0.2, -0.15) is 0 Å². The summed E-state index contributed by atoms with van der Waals surface area (Å²) in [5, 5.41) is 10.9. The molecule has 1 N–H and O–H groups in total. The average molecular weight is 646 g/mol. The minimum Gasteiger partial charge on any atom is -0.505 e. The molecule has 3 heterocycles. The van der Waals surface area contributed by atoms with Gasteiger partial charge in [-0.3, -0.25) is 28.8 Å². The van der Waals surface area contributed by atoms with Crippen molar-refractivity contribution < 1.29 is 37.4 Å². The third-order valence-electron chi connectivity index (χ3n) is 6.91. The number of amides is 2. The second kappa shape index (κ2) is 11.2.